The molecule has 0 spiro atoms. The molecule has 4 rings (SSSR count). The van der Waals surface area contributed by atoms with Gasteiger partial charge in [-0.25, -0.2) is 4.98 Å². The second-order valence-corrected chi connectivity index (χ2v) is 8.08. The van der Waals surface area contributed by atoms with Gasteiger partial charge in [-0.3, -0.25) is 9.78 Å². The van der Waals surface area contributed by atoms with Gasteiger partial charge in [-0.15, -0.1) is 0 Å². The molecule has 0 saturated carbocycles. The zero-order chi connectivity index (χ0) is 21.6. The minimum atomic E-state index is 0.0588. The number of hydrogen-bond donors (Lipinski definition) is 1. The van der Waals surface area contributed by atoms with Gasteiger partial charge in [-0.1, -0.05) is 36.4 Å². The van der Waals surface area contributed by atoms with E-state index in [0.717, 1.165) is 53.5 Å². The van der Waals surface area contributed by atoms with Crippen molar-refractivity contribution in [2.24, 2.45) is 0 Å². The maximum absolute atomic E-state index is 12.8. The van der Waals surface area contributed by atoms with Gasteiger partial charge in [-0.2, -0.15) is 0 Å². The molecule has 1 aromatic carbocycles. The lowest BCUT2D eigenvalue weighted by Crippen LogP contribution is -2.38. The summed E-state index contributed by atoms with van der Waals surface area (Å²) in [5.74, 6) is 1.11. The second kappa shape index (κ2) is 9.56. The first-order valence-electron chi connectivity index (χ1n) is 10.8. The number of anilines is 2. The molecular formula is C26H28N4O. The minimum Gasteiger partial charge on any atom is -0.340 e. The van der Waals surface area contributed by atoms with Gasteiger partial charge in [0.1, 0.15) is 5.82 Å². The fourth-order valence-electron chi connectivity index (χ4n) is 3.99. The van der Waals surface area contributed by atoms with Crippen LogP contribution >= 0.6 is 0 Å². The number of pyridine rings is 2. The predicted molar refractivity (Wildman–Crippen MR) is 125 cm³/mol. The number of aryl methyl sites for hydroxylation is 2. The van der Waals surface area contributed by atoms with E-state index in [4.69, 9.17) is 4.98 Å². The van der Waals surface area contributed by atoms with Crippen molar-refractivity contribution in [2.75, 3.05) is 18.4 Å². The van der Waals surface area contributed by atoms with E-state index in [9.17, 15) is 4.79 Å². The summed E-state index contributed by atoms with van der Waals surface area (Å²) in [6, 6.07) is 20.0. The number of aromatic nitrogens is 2. The molecule has 0 bridgehead atoms. The fourth-order valence-corrected chi connectivity index (χ4v) is 3.99. The Morgan fingerprint density at radius 1 is 1.03 bits per heavy atom. The zero-order valence-corrected chi connectivity index (χ0v) is 18.1. The van der Waals surface area contributed by atoms with Crippen LogP contribution in [0.1, 0.15) is 41.4 Å². The Kier molecular flexibility index (Phi) is 6.41. The summed E-state index contributed by atoms with van der Waals surface area (Å²) in [5, 5.41) is 3.39. The molecule has 0 unspecified atom stereocenters. The van der Waals surface area contributed by atoms with E-state index in [1.807, 2.05) is 79.4 Å². The molecule has 1 amide bonds. The number of rotatable bonds is 5. The summed E-state index contributed by atoms with van der Waals surface area (Å²) in [5.41, 5.74) is 4.97. The molecule has 1 N–H and O–H groups in total. The van der Waals surface area contributed by atoms with Crippen LogP contribution in [-0.2, 0) is 4.79 Å². The molecular weight excluding hydrogens is 384 g/mol. The lowest BCUT2D eigenvalue weighted by atomic mass is 9.93. The number of nitrogens with zero attached hydrogens (tertiary/aromatic N) is 3. The standard InChI is InChI=1S/C26H28N4O/c1-19-8-6-12-25(28-19)29-23-16-20(2)27-24(17-23)22-11-7-15-30(18-22)26(31)14-13-21-9-4-3-5-10-21/h3-6,8-10,12-14,16-17,22H,7,11,15,18H2,1-2H3,(H,27,28,29)/b14-13+/t22-/m0/s1. The van der Waals surface area contributed by atoms with Gasteiger partial charge >= 0.3 is 0 Å². The first-order chi connectivity index (χ1) is 15.1. The maximum atomic E-state index is 12.8. The summed E-state index contributed by atoms with van der Waals surface area (Å²) < 4.78 is 0. The lowest BCUT2D eigenvalue weighted by molar-refractivity contribution is -0.127. The summed E-state index contributed by atoms with van der Waals surface area (Å²) in [6.07, 6.45) is 5.57. The van der Waals surface area contributed by atoms with Crippen molar-refractivity contribution in [3.63, 3.8) is 0 Å². The first kappa shape index (κ1) is 20.8. The average Bonchev–Trinajstić information content (AvgIpc) is 2.78. The number of amides is 1. The highest BCUT2D eigenvalue weighted by Gasteiger charge is 2.25. The van der Waals surface area contributed by atoms with Gasteiger partial charge in [0.2, 0.25) is 5.91 Å². The number of nitrogens with one attached hydrogen (secondary N) is 1. The van der Waals surface area contributed by atoms with Crippen molar-refractivity contribution < 1.29 is 4.79 Å². The molecule has 3 heterocycles. The molecule has 3 aromatic rings. The third-order valence-electron chi connectivity index (χ3n) is 5.50. The van der Waals surface area contributed by atoms with E-state index in [1.54, 1.807) is 6.08 Å². The molecule has 31 heavy (non-hydrogen) atoms. The molecule has 0 aliphatic carbocycles. The molecule has 1 fully saturated rings. The van der Waals surface area contributed by atoms with Gasteiger partial charge in [0, 0.05) is 47.9 Å². The quantitative estimate of drug-likeness (QED) is 0.581. The van der Waals surface area contributed by atoms with E-state index in [-0.39, 0.29) is 11.8 Å². The van der Waals surface area contributed by atoms with Gasteiger partial charge in [0.25, 0.3) is 0 Å². The Balaban J connectivity index is 1.47. The summed E-state index contributed by atoms with van der Waals surface area (Å²) in [7, 11) is 0. The second-order valence-electron chi connectivity index (χ2n) is 8.08. The molecule has 1 aliphatic heterocycles. The Labute approximate surface area is 183 Å². The monoisotopic (exact) mass is 412 g/mol. The van der Waals surface area contributed by atoms with Crippen LogP contribution in [0.3, 0.4) is 0 Å². The Hall–Kier alpha value is -3.47. The van der Waals surface area contributed by atoms with Crippen LogP contribution in [0, 0.1) is 13.8 Å². The van der Waals surface area contributed by atoms with Crippen molar-refractivity contribution in [2.45, 2.75) is 32.6 Å². The van der Waals surface area contributed by atoms with Gasteiger partial charge in [0.15, 0.2) is 0 Å². The minimum absolute atomic E-state index is 0.0588. The predicted octanol–water partition coefficient (Wildman–Crippen LogP) is 5.26. The summed E-state index contributed by atoms with van der Waals surface area (Å²) >= 11 is 0. The van der Waals surface area contributed by atoms with E-state index in [0.29, 0.717) is 6.54 Å². The number of piperidine rings is 1. The van der Waals surface area contributed by atoms with Gasteiger partial charge in [0.05, 0.1) is 0 Å². The zero-order valence-electron chi connectivity index (χ0n) is 18.1. The molecule has 5 heteroatoms. The van der Waals surface area contributed by atoms with E-state index >= 15 is 0 Å². The van der Waals surface area contributed by atoms with E-state index in [2.05, 4.69) is 16.4 Å². The Morgan fingerprint density at radius 3 is 2.68 bits per heavy atom. The lowest BCUT2D eigenvalue weighted by Gasteiger charge is -2.32. The highest BCUT2D eigenvalue weighted by atomic mass is 16.2. The maximum Gasteiger partial charge on any atom is 0.246 e. The van der Waals surface area contributed by atoms with Crippen LogP contribution in [0.15, 0.2) is 66.7 Å². The SMILES string of the molecule is Cc1cccc(Nc2cc(C)nc([C@H]3CCCN(C(=O)/C=C/c4ccccc4)C3)c2)n1. The summed E-state index contributed by atoms with van der Waals surface area (Å²) in [4.78, 5) is 24.0. The van der Waals surface area contributed by atoms with Crippen LogP contribution in [0.5, 0.6) is 0 Å². The third kappa shape index (κ3) is 5.57. The Bertz CT molecular complexity index is 1080. The highest BCUT2D eigenvalue weighted by Crippen LogP contribution is 2.29. The number of benzene rings is 1. The first-order valence-corrected chi connectivity index (χ1v) is 10.8. The number of carbonyl (C=O) groups excluding carboxylic acids is 1. The fraction of sp³-hybridized carbons (Fsp3) is 0.269. The molecule has 1 saturated heterocycles. The smallest absolute Gasteiger partial charge is 0.246 e. The van der Waals surface area contributed by atoms with Crippen molar-refractivity contribution in [1.29, 1.82) is 0 Å². The molecule has 1 atom stereocenters. The van der Waals surface area contributed by atoms with E-state index < -0.39 is 0 Å². The van der Waals surface area contributed by atoms with Gasteiger partial charge < -0.3 is 10.2 Å². The van der Waals surface area contributed by atoms with Crippen LogP contribution in [-0.4, -0.2) is 33.9 Å². The van der Waals surface area contributed by atoms with Gasteiger partial charge in [-0.05, 0) is 62.6 Å². The van der Waals surface area contributed by atoms with Crippen LogP contribution in [0.4, 0.5) is 11.5 Å². The summed E-state index contributed by atoms with van der Waals surface area (Å²) in [6.45, 7) is 5.47. The molecule has 158 valence electrons. The van der Waals surface area contributed by atoms with Crippen LogP contribution < -0.4 is 5.32 Å². The van der Waals surface area contributed by atoms with Crippen molar-refractivity contribution in [3.8, 4) is 0 Å². The molecule has 2 aromatic heterocycles. The molecule has 1 aliphatic rings. The van der Waals surface area contributed by atoms with Crippen molar-refractivity contribution in [1.82, 2.24) is 14.9 Å². The molecule has 5 nitrogen and oxygen atoms in total. The Morgan fingerprint density at radius 2 is 1.87 bits per heavy atom. The largest absolute Gasteiger partial charge is 0.340 e. The molecule has 0 radical (unpaired) electrons. The number of hydrogen-bond acceptors (Lipinski definition) is 4. The average molecular weight is 413 g/mol. The van der Waals surface area contributed by atoms with Crippen molar-refractivity contribution in [3.05, 3.63) is 89.4 Å². The van der Waals surface area contributed by atoms with Crippen molar-refractivity contribution >= 4 is 23.5 Å². The normalized spacial score (nSPS) is 16.5. The number of likely N-dealkylation sites (tertiary alicyclic amines) is 1. The topological polar surface area (TPSA) is 58.1 Å². The third-order valence-corrected chi connectivity index (χ3v) is 5.50. The van der Waals surface area contributed by atoms with E-state index in [1.165, 1.54) is 0 Å². The van der Waals surface area contributed by atoms with Crippen LogP contribution in [0.25, 0.3) is 6.08 Å². The van der Waals surface area contributed by atoms with Crippen LogP contribution in [0.2, 0.25) is 0 Å². The number of carbonyl (C=O) groups is 1. The highest BCUT2D eigenvalue weighted by molar-refractivity contribution is 5.91.